The topological polar surface area (TPSA) is 267 Å². The molecule has 0 amide bonds. The molecule has 4 heterocycles. The van der Waals surface area contributed by atoms with Crippen LogP contribution in [-0.4, -0.2) is 174 Å². The summed E-state index contributed by atoms with van der Waals surface area (Å²) >= 11 is 0. The zero-order valence-corrected chi connectivity index (χ0v) is 36.3. The van der Waals surface area contributed by atoms with Crippen LogP contribution in [0.15, 0.2) is 11.6 Å². The number of rotatable bonds is 10. The highest BCUT2D eigenvalue weighted by atomic mass is 16.8. The molecule has 0 spiro atoms. The summed E-state index contributed by atoms with van der Waals surface area (Å²) in [5, 5.41) is 107. The second kappa shape index (κ2) is 17.4. The van der Waals surface area contributed by atoms with Crippen LogP contribution in [-0.2, 0) is 33.2 Å². The lowest BCUT2D eigenvalue weighted by Crippen LogP contribution is -2.63. The van der Waals surface area contributed by atoms with E-state index in [9.17, 15) is 51.1 Å². The average Bonchev–Trinajstić information content (AvgIpc) is 3.66. The van der Waals surface area contributed by atoms with Crippen molar-refractivity contribution in [2.45, 2.75) is 203 Å². The van der Waals surface area contributed by atoms with Crippen LogP contribution in [0, 0.1) is 46.3 Å². The van der Waals surface area contributed by atoms with Gasteiger partial charge in [-0.1, -0.05) is 39.3 Å². The molecule has 3 saturated carbocycles. The Balaban J connectivity index is 0.940. The summed E-state index contributed by atoms with van der Waals surface area (Å²) in [6, 6.07) is 0. The monoisotopic (exact) mass is 872 g/mol. The molecular formula is C44H72O17. The lowest BCUT2D eigenvalue weighted by molar-refractivity contribution is -0.362. The Hall–Kier alpha value is -0.940. The molecule has 350 valence electrons. The molecule has 10 N–H and O–H groups in total. The normalized spacial score (nSPS) is 56.4. The van der Waals surface area contributed by atoms with Crippen molar-refractivity contribution in [2.75, 3.05) is 13.2 Å². The number of fused-ring (bicyclic) bond motifs is 7. The van der Waals surface area contributed by atoms with E-state index in [4.69, 9.17) is 33.2 Å². The zero-order chi connectivity index (χ0) is 44.1. The molecular weight excluding hydrogens is 800 g/mol. The van der Waals surface area contributed by atoms with Gasteiger partial charge in [0.1, 0.15) is 54.9 Å². The van der Waals surface area contributed by atoms with Crippen LogP contribution in [0.1, 0.15) is 92.9 Å². The molecule has 17 nitrogen and oxygen atoms in total. The maximum absolute atomic E-state index is 12.1. The number of allylic oxidation sites excluding steroid dienone is 1. The van der Waals surface area contributed by atoms with Gasteiger partial charge < -0.3 is 84.2 Å². The summed E-state index contributed by atoms with van der Waals surface area (Å²) < 4.78 is 42.6. The number of hydrogen-bond donors (Lipinski definition) is 10. The van der Waals surface area contributed by atoms with E-state index in [-0.39, 0.29) is 54.3 Å². The molecule has 0 aromatic carbocycles. The van der Waals surface area contributed by atoms with Crippen molar-refractivity contribution in [3.63, 3.8) is 0 Å². The summed E-state index contributed by atoms with van der Waals surface area (Å²) in [4.78, 5) is 0. The molecule has 0 unspecified atom stereocenters. The van der Waals surface area contributed by atoms with Crippen molar-refractivity contribution in [2.24, 2.45) is 46.3 Å². The van der Waals surface area contributed by atoms with Crippen molar-refractivity contribution in [1.82, 2.24) is 0 Å². The van der Waals surface area contributed by atoms with Crippen molar-refractivity contribution < 1.29 is 84.2 Å². The summed E-state index contributed by atoms with van der Waals surface area (Å²) in [7, 11) is 0. The molecule has 26 atom stereocenters. The zero-order valence-electron chi connectivity index (χ0n) is 36.3. The van der Waals surface area contributed by atoms with Gasteiger partial charge in [-0.3, -0.25) is 0 Å². The molecule has 61 heavy (non-hydrogen) atoms. The summed E-state index contributed by atoms with van der Waals surface area (Å²) in [5.74, 6) is -0.592. The van der Waals surface area contributed by atoms with Gasteiger partial charge in [0.25, 0.3) is 0 Å². The van der Waals surface area contributed by atoms with E-state index in [0.29, 0.717) is 31.6 Å². The fourth-order valence-corrected chi connectivity index (χ4v) is 13.3. The predicted octanol–water partition coefficient (Wildman–Crippen LogP) is -0.194. The predicted molar refractivity (Wildman–Crippen MR) is 212 cm³/mol. The average molecular weight is 873 g/mol. The Morgan fingerprint density at radius 2 is 1.44 bits per heavy atom. The maximum atomic E-state index is 12.1. The van der Waals surface area contributed by atoms with E-state index >= 15 is 0 Å². The molecule has 8 rings (SSSR count). The van der Waals surface area contributed by atoms with Gasteiger partial charge in [-0.25, -0.2) is 0 Å². The Labute approximate surface area is 357 Å². The Morgan fingerprint density at radius 3 is 2.13 bits per heavy atom. The van der Waals surface area contributed by atoms with E-state index < -0.39 is 109 Å². The third-order valence-corrected chi connectivity index (χ3v) is 17.0. The van der Waals surface area contributed by atoms with Gasteiger partial charge in [-0.05, 0) is 87.4 Å². The van der Waals surface area contributed by atoms with Crippen LogP contribution in [0.4, 0.5) is 0 Å². The lowest BCUT2D eigenvalue weighted by Gasteiger charge is -2.60. The highest BCUT2D eigenvalue weighted by molar-refractivity contribution is 5.28. The minimum Gasteiger partial charge on any atom is -0.393 e. The van der Waals surface area contributed by atoms with Gasteiger partial charge in [0, 0.05) is 24.2 Å². The summed E-state index contributed by atoms with van der Waals surface area (Å²) in [6.07, 6.45) is -11.9. The van der Waals surface area contributed by atoms with E-state index in [1.54, 1.807) is 6.92 Å². The van der Waals surface area contributed by atoms with Crippen molar-refractivity contribution in [3.8, 4) is 0 Å². The second-order valence-electron chi connectivity index (χ2n) is 20.6. The first-order chi connectivity index (χ1) is 28.7. The Kier molecular flexibility index (Phi) is 13.3. The number of aliphatic hydroxyl groups excluding tert-OH is 9. The first-order valence-corrected chi connectivity index (χ1v) is 22.8. The SMILES string of the molecule is C[C@H](CC[C@@]1(O)O[C@H]2C[C@H]3[C@@H]4CC=C5C[C@@H](O)C[C@@H](O[C@@H]6OC[C@@H](O)[C@H](O)[C@H]6O[C@@H]6O[C@@H](C)[C@H](O)[C@@H](O)[C@H]6O)[C@]5(C)[C@H]4CC[C@]3(C)[C@H]2[C@@H]1C)CO[C@@H]1O[C@@H](C)[C@H](O)[C@@H](O)[C@H]1O. The van der Waals surface area contributed by atoms with E-state index in [1.807, 2.05) is 6.92 Å². The van der Waals surface area contributed by atoms with Crippen LogP contribution in [0.2, 0.25) is 0 Å². The van der Waals surface area contributed by atoms with Gasteiger partial charge in [0.2, 0.25) is 0 Å². The highest BCUT2D eigenvalue weighted by Crippen LogP contribution is 2.70. The summed E-state index contributed by atoms with van der Waals surface area (Å²) in [5.41, 5.74) is 0.496. The fourth-order valence-electron chi connectivity index (χ4n) is 13.3. The first kappa shape index (κ1) is 46.6. The van der Waals surface area contributed by atoms with Gasteiger partial charge in [0.15, 0.2) is 24.7 Å². The Morgan fingerprint density at radius 1 is 0.787 bits per heavy atom. The van der Waals surface area contributed by atoms with Gasteiger partial charge in [0.05, 0.1) is 43.7 Å². The van der Waals surface area contributed by atoms with Crippen LogP contribution < -0.4 is 0 Å². The van der Waals surface area contributed by atoms with Crippen molar-refractivity contribution in [3.05, 3.63) is 11.6 Å². The number of ether oxygens (including phenoxy) is 7. The standard InChI is InChI=1S/C44H72O17/c1-18(16-55-39-36(52)34(50)31(47)20(3)57-39)9-12-44(54)19(2)30-28(61-44)15-26-24-8-7-22-13-23(45)14-29(43(22,6)25(24)10-11-42(26,30)5)59-41-38(33(49)27(46)17-56-41)60-40-37(53)35(51)32(48)21(4)58-40/h7,18-21,23-41,45-54H,8-17H2,1-6H3/t18-,19+,20+,21+,23-,24-,25+,26+,27-,28+,29-,30+,31+,32+,33+,34-,35-,36-,37-,38-,39-,40+,41+,42+,43+,44-/m1/s1. The fraction of sp³-hybridized carbons (Fsp3) is 0.955. The molecule has 0 aromatic heterocycles. The van der Waals surface area contributed by atoms with Gasteiger partial charge in [-0.15, -0.1) is 0 Å². The molecule has 7 fully saturated rings. The van der Waals surface area contributed by atoms with Gasteiger partial charge >= 0.3 is 0 Å². The quantitative estimate of drug-likeness (QED) is 0.128. The number of hydrogen-bond acceptors (Lipinski definition) is 17. The molecule has 4 saturated heterocycles. The van der Waals surface area contributed by atoms with Crippen molar-refractivity contribution >= 4 is 0 Å². The molecule has 4 aliphatic heterocycles. The molecule has 8 aliphatic rings. The maximum Gasteiger partial charge on any atom is 0.187 e. The smallest absolute Gasteiger partial charge is 0.187 e. The molecule has 4 aliphatic carbocycles. The highest BCUT2D eigenvalue weighted by Gasteiger charge is 2.69. The third kappa shape index (κ3) is 8.00. The minimum absolute atomic E-state index is 0.0192. The molecule has 0 radical (unpaired) electrons. The van der Waals surface area contributed by atoms with Crippen LogP contribution in [0.5, 0.6) is 0 Å². The second-order valence-corrected chi connectivity index (χ2v) is 20.6. The lowest BCUT2D eigenvalue weighted by atomic mass is 9.46. The largest absolute Gasteiger partial charge is 0.393 e. The molecule has 0 aromatic rings. The number of aliphatic hydroxyl groups is 10. The van der Waals surface area contributed by atoms with Crippen LogP contribution in [0.3, 0.4) is 0 Å². The van der Waals surface area contributed by atoms with Gasteiger partial charge in [-0.2, -0.15) is 0 Å². The third-order valence-electron chi connectivity index (χ3n) is 17.0. The Bertz CT molecular complexity index is 1570. The minimum atomic E-state index is -1.65. The van der Waals surface area contributed by atoms with E-state index in [1.165, 1.54) is 6.92 Å². The van der Waals surface area contributed by atoms with Crippen LogP contribution >= 0.6 is 0 Å². The summed E-state index contributed by atoms with van der Waals surface area (Å²) in [6.45, 7) is 11.8. The van der Waals surface area contributed by atoms with Crippen molar-refractivity contribution in [1.29, 1.82) is 0 Å². The van der Waals surface area contributed by atoms with E-state index in [0.717, 1.165) is 31.3 Å². The molecule has 17 heteroatoms. The first-order valence-electron chi connectivity index (χ1n) is 22.8. The van der Waals surface area contributed by atoms with Crippen LogP contribution in [0.25, 0.3) is 0 Å². The van der Waals surface area contributed by atoms with E-state index in [2.05, 4.69) is 26.8 Å². The molecule has 0 bridgehead atoms.